The first-order valence-electron chi connectivity index (χ1n) is 8.59. The summed E-state index contributed by atoms with van der Waals surface area (Å²) in [5.74, 6) is -0.146. The van der Waals surface area contributed by atoms with E-state index >= 15 is 0 Å². The van der Waals surface area contributed by atoms with Gasteiger partial charge in [-0.2, -0.15) is 10.2 Å². The minimum atomic E-state index is -0.374. The molecule has 1 N–H and O–H groups in total. The molecule has 5 heterocycles. The maximum atomic E-state index is 13.3. The van der Waals surface area contributed by atoms with Crippen molar-refractivity contribution >= 4 is 23.0 Å². The zero-order chi connectivity index (χ0) is 18.5. The molecule has 0 unspecified atom stereocenters. The van der Waals surface area contributed by atoms with E-state index in [0.717, 1.165) is 22.6 Å². The van der Waals surface area contributed by atoms with Crippen LogP contribution < -0.4 is 0 Å². The lowest BCUT2D eigenvalue weighted by Crippen LogP contribution is -2.41. The van der Waals surface area contributed by atoms with E-state index in [1.165, 1.54) is 4.68 Å². The number of hydrogen-bond donors (Lipinski definition) is 1. The lowest BCUT2D eigenvalue weighted by Gasteiger charge is -2.33. The van der Waals surface area contributed by atoms with Gasteiger partial charge in [-0.15, -0.1) is 0 Å². The zero-order valence-corrected chi connectivity index (χ0v) is 15.3. The number of carbonyl (C=O) groups is 1. The number of halogens is 1. The molecule has 0 radical (unpaired) electrons. The highest BCUT2D eigenvalue weighted by Crippen LogP contribution is 2.34. The fraction of sp³-hybridized carbons (Fsp3) is 0.222. The van der Waals surface area contributed by atoms with Gasteiger partial charge < -0.3 is 9.88 Å². The third-order valence-corrected chi connectivity index (χ3v) is 5.11. The molecule has 1 aliphatic rings. The van der Waals surface area contributed by atoms with Gasteiger partial charge in [-0.3, -0.25) is 9.48 Å². The third-order valence-electron chi connectivity index (χ3n) is 4.92. The molecule has 1 amide bonds. The number of amides is 1. The molecule has 4 aromatic rings. The molecular weight excluding hydrogens is 366 g/mol. The molecule has 8 nitrogen and oxygen atoms in total. The predicted octanol–water partition coefficient (Wildman–Crippen LogP) is 2.23. The van der Waals surface area contributed by atoms with Crippen LogP contribution in [0.3, 0.4) is 0 Å². The van der Waals surface area contributed by atoms with E-state index in [-0.39, 0.29) is 11.9 Å². The van der Waals surface area contributed by atoms with Crippen molar-refractivity contribution in [3.63, 3.8) is 0 Å². The Morgan fingerprint density at radius 2 is 2.19 bits per heavy atom. The smallest absolute Gasteiger partial charge is 0.273 e. The molecule has 0 spiro atoms. The molecule has 9 heteroatoms. The number of aromatic nitrogens is 6. The van der Waals surface area contributed by atoms with Crippen molar-refractivity contribution in [3.05, 3.63) is 70.8 Å². The number of fused-ring (bicyclic) bond motifs is 2. The number of aromatic amines is 1. The Balaban J connectivity index is 1.64. The molecule has 5 rings (SSSR count). The Bertz CT molecular complexity index is 1120. The second-order valence-electron chi connectivity index (χ2n) is 6.53. The Morgan fingerprint density at radius 1 is 1.30 bits per heavy atom. The maximum Gasteiger partial charge on any atom is 0.273 e. The Morgan fingerprint density at radius 3 is 2.96 bits per heavy atom. The third kappa shape index (κ3) is 2.52. The summed E-state index contributed by atoms with van der Waals surface area (Å²) in [5, 5.41) is 9.07. The average molecular weight is 382 g/mol. The highest BCUT2D eigenvalue weighted by molar-refractivity contribution is 6.29. The summed E-state index contributed by atoms with van der Waals surface area (Å²) >= 11 is 5.98. The van der Waals surface area contributed by atoms with Crippen LogP contribution in [0, 0.1) is 0 Å². The van der Waals surface area contributed by atoms with Gasteiger partial charge in [0.1, 0.15) is 11.7 Å². The van der Waals surface area contributed by atoms with Gasteiger partial charge in [-0.1, -0.05) is 17.7 Å². The molecule has 1 aliphatic heterocycles. The van der Waals surface area contributed by atoms with Gasteiger partial charge in [0.15, 0.2) is 5.15 Å². The summed E-state index contributed by atoms with van der Waals surface area (Å²) in [6, 6.07) is 9.07. The lowest BCUT2D eigenvalue weighted by molar-refractivity contribution is 0.0675. The van der Waals surface area contributed by atoms with Gasteiger partial charge >= 0.3 is 0 Å². The van der Waals surface area contributed by atoms with Crippen molar-refractivity contribution in [1.82, 2.24) is 34.3 Å². The van der Waals surface area contributed by atoms with Crippen molar-refractivity contribution in [3.8, 4) is 0 Å². The molecule has 0 aromatic carbocycles. The van der Waals surface area contributed by atoms with E-state index in [0.29, 0.717) is 23.8 Å². The highest BCUT2D eigenvalue weighted by Gasteiger charge is 2.37. The lowest BCUT2D eigenvalue weighted by atomic mass is 9.99. The van der Waals surface area contributed by atoms with Crippen LogP contribution in [0.4, 0.5) is 0 Å². The van der Waals surface area contributed by atoms with E-state index in [1.54, 1.807) is 28.9 Å². The monoisotopic (exact) mass is 381 g/mol. The van der Waals surface area contributed by atoms with E-state index < -0.39 is 0 Å². The molecule has 1 atom stereocenters. The first-order valence-corrected chi connectivity index (χ1v) is 8.96. The minimum Gasteiger partial charge on any atom is -0.348 e. The molecule has 4 aromatic heterocycles. The topological polar surface area (TPSA) is 84.1 Å². The van der Waals surface area contributed by atoms with Gasteiger partial charge in [0.2, 0.25) is 0 Å². The van der Waals surface area contributed by atoms with Gasteiger partial charge in [0, 0.05) is 38.0 Å². The standard InChI is InChI=1S/C18H16ClN7O/c1-24-14(9-15(19)23-24)18(27)25-7-5-12-16(21-10-20-12)17(25)13-8-11-4-2-3-6-26(11)22-13/h2-4,6,8-10,17H,5,7H2,1H3,(H,20,21)/t17-/m0/s1. The Hall–Kier alpha value is -3.13. The number of carbonyl (C=O) groups excluding carboxylic acids is 1. The van der Waals surface area contributed by atoms with Crippen molar-refractivity contribution in [2.75, 3.05) is 6.54 Å². The van der Waals surface area contributed by atoms with Crippen LogP contribution in [-0.2, 0) is 13.5 Å². The van der Waals surface area contributed by atoms with Crippen LogP contribution in [0.25, 0.3) is 5.52 Å². The SMILES string of the molecule is Cn1nc(Cl)cc1C(=O)N1CCc2[nH]cnc2[C@@H]1c1cc2ccccn2n1. The van der Waals surface area contributed by atoms with Crippen molar-refractivity contribution < 1.29 is 4.79 Å². The molecule has 0 bridgehead atoms. The molecule has 27 heavy (non-hydrogen) atoms. The van der Waals surface area contributed by atoms with Crippen LogP contribution in [0.2, 0.25) is 5.15 Å². The minimum absolute atomic E-state index is 0.146. The molecule has 0 saturated heterocycles. The summed E-state index contributed by atoms with van der Waals surface area (Å²) in [5.41, 5.74) is 4.03. The molecule has 136 valence electrons. The first kappa shape index (κ1) is 16.1. The quantitative estimate of drug-likeness (QED) is 0.577. The summed E-state index contributed by atoms with van der Waals surface area (Å²) in [7, 11) is 1.71. The summed E-state index contributed by atoms with van der Waals surface area (Å²) in [4.78, 5) is 22.8. The molecule has 0 aliphatic carbocycles. The zero-order valence-electron chi connectivity index (χ0n) is 14.5. The van der Waals surface area contributed by atoms with Crippen LogP contribution >= 0.6 is 11.6 Å². The summed E-state index contributed by atoms with van der Waals surface area (Å²) < 4.78 is 3.31. The number of nitrogens with one attached hydrogen (secondary N) is 1. The number of nitrogens with zero attached hydrogens (tertiary/aromatic N) is 6. The predicted molar refractivity (Wildman–Crippen MR) is 98.6 cm³/mol. The van der Waals surface area contributed by atoms with E-state index in [4.69, 9.17) is 11.6 Å². The van der Waals surface area contributed by atoms with Crippen molar-refractivity contribution in [2.45, 2.75) is 12.5 Å². The fourth-order valence-electron chi connectivity index (χ4n) is 3.67. The maximum absolute atomic E-state index is 13.3. The van der Waals surface area contributed by atoms with Crippen LogP contribution in [0.15, 0.2) is 42.9 Å². The summed E-state index contributed by atoms with van der Waals surface area (Å²) in [6.07, 6.45) is 4.26. The van der Waals surface area contributed by atoms with Crippen molar-refractivity contribution in [1.29, 1.82) is 0 Å². The summed E-state index contributed by atoms with van der Waals surface area (Å²) in [6.45, 7) is 0.551. The van der Waals surface area contributed by atoms with Crippen LogP contribution in [0.1, 0.15) is 33.6 Å². The second-order valence-corrected chi connectivity index (χ2v) is 6.92. The highest BCUT2D eigenvalue weighted by atomic mass is 35.5. The number of hydrogen-bond acceptors (Lipinski definition) is 4. The average Bonchev–Trinajstić information content (AvgIpc) is 3.37. The van der Waals surface area contributed by atoms with Crippen LogP contribution in [-0.4, -0.2) is 46.7 Å². The van der Waals surface area contributed by atoms with Gasteiger partial charge in [-0.25, -0.2) is 9.50 Å². The van der Waals surface area contributed by atoms with Gasteiger partial charge in [0.25, 0.3) is 5.91 Å². The Kier molecular flexibility index (Phi) is 3.54. The largest absolute Gasteiger partial charge is 0.348 e. The number of aryl methyl sites for hydroxylation is 1. The van der Waals surface area contributed by atoms with Crippen LogP contribution in [0.5, 0.6) is 0 Å². The van der Waals surface area contributed by atoms with Gasteiger partial charge in [-0.05, 0) is 18.2 Å². The number of H-pyrrole nitrogens is 1. The molecule has 0 fully saturated rings. The van der Waals surface area contributed by atoms with Gasteiger partial charge in [0.05, 0.1) is 23.2 Å². The number of imidazole rings is 1. The van der Waals surface area contributed by atoms with Crippen molar-refractivity contribution in [2.24, 2.45) is 7.05 Å². The molecule has 0 saturated carbocycles. The molecular formula is C18H16ClN7O. The second kappa shape index (κ2) is 5.95. The number of pyridine rings is 1. The first-order chi connectivity index (χ1) is 13.1. The normalized spacial score (nSPS) is 16.7. The Labute approximate surface area is 159 Å². The fourth-order valence-corrected chi connectivity index (χ4v) is 3.88. The van der Waals surface area contributed by atoms with E-state index in [9.17, 15) is 4.79 Å². The van der Waals surface area contributed by atoms with E-state index in [1.807, 2.05) is 30.5 Å². The number of rotatable bonds is 2. The van der Waals surface area contributed by atoms with E-state index in [2.05, 4.69) is 20.2 Å².